The van der Waals surface area contributed by atoms with Gasteiger partial charge in [0.25, 0.3) is 11.5 Å². The third kappa shape index (κ3) is 4.83. The molecule has 1 saturated heterocycles. The molecule has 2 fully saturated rings. The van der Waals surface area contributed by atoms with Crippen LogP contribution in [0.15, 0.2) is 59.9 Å². The number of piperazine rings is 1. The second kappa shape index (κ2) is 9.56. The molecule has 0 atom stereocenters. The second-order valence-electron chi connectivity index (χ2n) is 9.13. The van der Waals surface area contributed by atoms with Crippen molar-refractivity contribution in [2.24, 2.45) is 5.92 Å². The topological polar surface area (TPSA) is 73.4 Å². The summed E-state index contributed by atoms with van der Waals surface area (Å²) in [6.45, 7) is 9.40. The molecule has 0 unspecified atom stereocenters. The van der Waals surface area contributed by atoms with E-state index in [0.29, 0.717) is 27.8 Å². The summed E-state index contributed by atoms with van der Waals surface area (Å²) in [7, 11) is 0. The molecule has 0 radical (unpaired) electrons. The van der Waals surface area contributed by atoms with Gasteiger partial charge >= 0.3 is 0 Å². The molecular weight excluding hydrogens is 446 g/mol. The Hall–Kier alpha value is -3.23. The molecule has 8 heteroatoms. The molecule has 2 aliphatic rings. The van der Waals surface area contributed by atoms with Crippen LogP contribution in [0.4, 0.5) is 11.4 Å². The molecule has 34 heavy (non-hydrogen) atoms. The minimum Gasteiger partial charge on any atom is -0.369 e. The van der Waals surface area contributed by atoms with Crippen LogP contribution in [0.3, 0.4) is 0 Å². The predicted molar refractivity (Wildman–Crippen MR) is 139 cm³/mol. The summed E-state index contributed by atoms with van der Waals surface area (Å²) in [4.78, 5) is 33.7. The highest BCUT2D eigenvalue weighted by molar-refractivity contribution is 7.71. The van der Waals surface area contributed by atoms with Crippen LogP contribution in [0, 0.1) is 10.7 Å². The summed E-state index contributed by atoms with van der Waals surface area (Å²) >= 11 is 5.30. The first-order valence-electron chi connectivity index (χ1n) is 11.8. The zero-order valence-electron chi connectivity index (χ0n) is 19.1. The summed E-state index contributed by atoms with van der Waals surface area (Å²) in [5.41, 5.74) is 2.67. The number of carbonyl (C=O) groups excluding carboxylic acids is 1. The van der Waals surface area contributed by atoms with E-state index in [2.05, 4.69) is 32.7 Å². The number of carbonyl (C=O) groups is 1. The molecule has 1 amide bonds. The van der Waals surface area contributed by atoms with Gasteiger partial charge in [0.15, 0.2) is 4.77 Å². The molecule has 0 bridgehead atoms. The van der Waals surface area contributed by atoms with Crippen molar-refractivity contribution in [2.75, 3.05) is 42.9 Å². The van der Waals surface area contributed by atoms with E-state index in [-0.39, 0.29) is 11.5 Å². The normalized spacial score (nSPS) is 16.5. The van der Waals surface area contributed by atoms with Crippen molar-refractivity contribution in [1.82, 2.24) is 14.5 Å². The van der Waals surface area contributed by atoms with Gasteiger partial charge in [-0.2, -0.15) is 0 Å². The number of nitrogens with one attached hydrogen (secondary N) is 2. The van der Waals surface area contributed by atoms with Gasteiger partial charge in [0, 0.05) is 56.2 Å². The lowest BCUT2D eigenvalue weighted by molar-refractivity contribution is 0.102. The lowest BCUT2D eigenvalue weighted by Crippen LogP contribution is -2.47. The highest BCUT2D eigenvalue weighted by atomic mass is 32.1. The van der Waals surface area contributed by atoms with Gasteiger partial charge in [-0.3, -0.25) is 19.1 Å². The van der Waals surface area contributed by atoms with Gasteiger partial charge in [0.1, 0.15) is 0 Å². The van der Waals surface area contributed by atoms with Crippen molar-refractivity contribution < 1.29 is 4.79 Å². The quantitative estimate of drug-likeness (QED) is 0.399. The van der Waals surface area contributed by atoms with E-state index in [4.69, 9.17) is 12.2 Å². The van der Waals surface area contributed by atoms with Crippen molar-refractivity contribution in [2.45, 2.75) is 19.4 Å². The Morgan fingerprint density at radius 1 is 1.15 bits per heavy atom. The van der Waals surface area contributed by atoms with Crippen molar-refractivity contribution >= 4 is 40.4 Å². The van der Waals surface area contributed by atoms with Gasteiger partial charge in [-0.25, -0.2) is 0 Å². The Balaban J connectivity index is 1.29. The lowest BCUT2D eigenvalue weighted by atomic mass is 10.1. The summed E-state index contributed by atoms with van der Waals surface area (Å²) in [5.74, 6) is 0.687. The van der Waals surface area contributed by atoms with E-state index in [1.54, 1.807) is 24.3 Å². The highest BCUT2D eigenvalue weighted by Gasteiger charge is 2.26. The van der Waals surface area contributed by atoms with E-state index in [1.165, 1.54) is 24.0 Å². The van der Waals surface area contributed by atoms with E-state index < -0.39 is 0 Å². The number of nitrogens with zero attached hydrogens (tertiary/aromatic N) is 3. The predicted octanol–water partition coefficient (Wildman–Crippen LogP) is 4.03. The zero-order chi connectivity index (χ0) is 23.7. The maximum atomic E-state index is 13.0. The number of fused-ring (bicyclic) bond motifs is 1. The van der Waals surface area contributed by atoms with Gasteiger partial charge in [-0.05, 0) is 67.4 Å². The first kappa shape index (κ1) is 22.6. The van der Waals surface area contributed by atoms with Crippen LogP contribution in [0.1, 0.15) is 23.2 Å². The number of rotatable bonds is 7. The van der Waals surface area contributed by atoms with Crippen LogP contribution < -0.4 is 15.8 Å². The number of anilines is 2. The molecule has 1 aliphatic heterocycles. The smallest absolute Gasteiger partial charge is 0.262 e. The minimum atomic E-state index is -0.233. The molecule has 7 nitrogen and oxygen atoms in total. The first-order chi connectivity index (χ1) is 16.5. The van der Waals surface area contributed by atoms with Crippen LogP contribution in [0.25, 0.3) is 10.9 Å². The van der Waals surface area contributed by atoms with Crippen LogP contribution in [-0.2, 0) is 6.54 Å². The van der Waals surface area contributed by atoms with Crippen LogP contribution in [0.2, 0.25) is 0 Å². The van der Waals surface area contributed by atoms with E-state index in [9.17, 15) is 9.59 Å². The third-order valence-corrected chi connectivity index (χ3v) is 6.93. The molecule has 1 aromatic heterocycles. The second-order valence-corrected chi connectivity index (χ2v) is 9.52. The van der Waals surface area contributed by atoms with E-state index in [0.717, 1.165) is 43.5 Å². The zero-order valence-corrected chi connectivity index (χ0v) is 19.9. The van der Waals surface area contributed by atoms with Crippen LogP contribution in [-0.4, -0.2) is 53.1 Å². The Kier molecular flexibility index (Phi) is 6.34. The van der Waals surface area contributed by atoms with Crippen molar-refractivity contribution in [1.29, 1.82) is 0 Å². The first-order valence-corrected chi connectivity index (χ1v) is 12.2. The van der Waals surface area contributed by atoms with Gasteiger partial charge in [-0.15, -0.1) is 6.58 Å². The van der Waals surface area contributed by atoms with Gasteiger partial charge in [-0.1, -0.05) is 12.1 Å². The molecule has 1 saturated carbocycles. The van der Waals surface area contributed by atoms with E-state index in [1.807, 2.05) is 18.2 Å². The molecule has 1 aliphatic carbocycles. The Labute approximate surface area is 203 Å². The molecular formula is C26H29N5O2S. The maximum absolute atomic E-state index is 13.0. The highest BCUT2D eigenvalue weighted by Crippen LogP contribution is 2.30. The molecule has 2 aromatic carbocycles. The lowest BCUT2D eigenvalue weighted by Gasteiger charge is -2.36. The number of hydrogen-bond donors (Lipinski definition) is 2. The summed E-state index contributed by atoms with van der Waals surface area (Å²) in [5, 5.41) is 3.48. The number of benzene rings is 2. The SMILES string of the molecule is C=CCn1c(=S)[nH]c2cc(C(=O)Nc3cccc(N4CCN(CC5CC5)CC4)c3)ccc2c1=O. The fourth-order valence-corrected chi connectivity index (χ4v) is 4.80. The van der Waals surface area contributed by atoms with Gasteiger partial charge in [0.2, 0.25) is 0 Å². The van der Waals surface area contributed by atoms with Gasteiger partial charge in [0.05, 0.1) is 10.9 Å². The summed E-state index contributed by atoms with van der Waals surface area (Å²) < 4.78 is 1.75. The van der Waals surface area contributed by atoms with Crippen molar-refractivity contribution in [3.63, 3.8) is 0 Å². The molecule has 0 spiro atoms. The largest absolute Gasteiger partial charge is 0.369 e. The summed E-state index contributed by atoms with van der Waals surface area (Å²) in [6.07, 6.45) is 4.40. The molecule has 2 N–H and O–H groups in total. The van der Waals surface area contributed by atoms with Crippen molar-refractivity contribution in [3.8, 4) is 0 Å². The Morgan fingerprint density at radius 2 is 1.94 bits per heavy atom. The average molecular weight is 476 g/mol. The third-order valence-electron chi connectivity index (χ3n) is 6.61. The van der Waals surface area contributed by atoms with Crippen molar-refractivity contribution in [3.05, 3.63) is 75.8 Å². The number of aromatic nitrogens is 2. The number of hydrogen-bond acceptors (Lipinski definition) is 5. The number of amides is 1. The monoisotopic (exact) mass is 475 g/mol. The average Bonchev–Trinajstić information content (AvgIpc) is 3.66. The number of allylic oxidation sites excluding steroid dienone is 1. The Morgan fingerprint density at radius 3 is 2.68 bits per heavy atom. The molecule has 3 aromatic rings. The van der Waals surface area contributed by atoms with Crippen LogP contribution in [0.5, 0.6) is 0 Å². The molecule has 176 valence electrons. The fourth-order valence-electron chi connectivity index (χ4n) is 4.53. The minimum absolute atomic E-state index is 0.199. The molecule has 2 heterocycles. The number of H-pyrrole nitrogens is 1. The number of aromatic amines is 1. The molecule has 5 rings (SSSR count). The van der Waals surface area contributed by atoms with Crippen LogP contribution >= 0.6 is 12.2 Å². The fraction of sp³-hybridized carbons (Fsp3) is 0.346. The van der Waals surface area contributed by atoms with Gasteiger partial charge < -0.3 is 15.2 Å². The standard InChI is InChI=1S/C26H29N5O2S/c1-2-10-31-25(33)22-9-8-19(15-23(22)28-26(31)34)24(32)27-20-4-3-5-21(16-20)30-13-11-29(12-14-30)17-18-6-7-18/h2-5,8-9,15-16,18H,1,6-7,10-14,17H2,(H,27,32)(H,28,34). The summed E-state index contributed by atoms with van der Waals surface area (Å²) in [6, 6.07) is 13.0. The Bertz CT molecular complexity index is 1350. The maximum Gasteiger partial charge on any atom is 0.262 e. The van der Waals surface area contributed by atoms with E-state index >= 15 is 0 Å².